The van der Waals surface area contributed by atoms with Crippen LogP contribution in [0.25, 0.3) is 0 Å². The number of aliphatic hydroxyl groups excluding tert-OH is 1. The second-order valence-electron chi connectivity index (χ2n) is 9.64. The molecule has 9 nitrogen and oxygen atoms in total. The van der Waals surface area contributed by atoms with E-state index in [1.165, 1.54) is 42.9 Å². The summed E-state index contributed by atoms with van der Waals surface area (Å²) in [5.74, 6) is -2.67. The summed E-state index contributed by atoms with van der Waals surface area (Å²) in [6.07, 6.45) is 6.45. The maximum Gasteiger partial charge on any atom is 0.282 e. The highest BCUT2D eigenvalue weighted by atomic mass is 32.2. The molecule has 0 radical (unpaired) electrons. The first-order chi connectivity index (χ1) is 17.3. The number of amides is 1. The summed E-state index contributed by atoms with van der Waals surface area (Å²) in [5, 5.41) is 12.7. The molecule has 5 rings (SSSR count). The number of carbonyl (C=O) groups excluding carboxylic acids is 1. The number of anilines is 3. The Bertz CT molecular complexity index is 1120. The molecule has 1 amide bonds. The van der Waals surface area contributed by atoms with Crippen molar-refractivity contribution in [1.29, 1.82) is 0 Å². The summed E-state index contributed by atoms with van der Waals surface area (Å²) < 4.78 is 35.2. The molecule has 4 heterocycles. The van der Waals surface area contributed by atoms with E-state index in [9.17, 15) is 13.6 Å². The van der Waals surface area contributed by atoms with E-state index in [1.807, 2.05) is 6.07 Å². The molecule has 0 atom stereocenters. The second kappa shape index (κ2) is 9.98. The summed E-state index contributed by atoms with van der Waals surface area (Å²) in [7, 11) is 1.44. The fourth-order valence-corrected chi connectivity index (χ4v) is 5.32. The number of aliphatic hydroxyl groups is 1. The molecular weight excluding hydrogens is 490 g/mol. The Hall–Kier alpha value is -2.70. The number of hydrogen-bond acceptors (Lipinski definition) is 9. The number of pyridine rings is 2. The van der Waals surface area contributed by atoms with Crippen molar-refractivity contribution >= 4 is 35.0 Å². The number of aromatic nitrogens is 2. The van der Waals surface area contributed by atoms with Gasteiger partial charge in [-0.25, -0.2) is 18.7 Å². The number of piperidine rings is 1. The van der Waals surface area contributed by atoms with E-state index >= 15 is 0 Å². The molecule has 0 aromatic carbocycles. The van der Waals surface area contributed by atoms with Crippen molar-refractivity contribution in [3.8, 4) is 5.75 Å². The van der Waals surface area contributed by atoms with Gasteiger partial charge >= 0.3 is 0 Å². The van der Waals surface area contributed by atoms with Crippen molar-refractivity contribution in [2.24, 2.45) is 5.41 Å². The van der Waals surface area contributed by atoms with Gasteiger partial charge in [-0.1, -0.05) is 0 Å². The molecule has 3 fully saturated rings. The highest BCUT2D eigenvalue weighted by Crippen LogP contribution is 2.54. The van der Waals surface area contributed by atoms with Crippen LogP contribution < -0.4 is 24.6 Å². The van der Waals surface area contributed by atoms with Gasteiger partial charge in [-0.05, 0) is 61.2 Å². The number of nitrogens with zero attached hydrogens (tertiary/aromatic N) is 4. The number of nitrogens with one attached hydrogen (secondary N) is 2. The number of methoxy groups -OCH3 is 1. The molecule has 0 bridgehead atoms. The number of alkyl halides is 2. The van der Waals surface area contributed by atoms with Crippen LogP contribution in [0.3, 0.4) is 0 Å². The van der Waals surface area contributed by atoms with E-state index in [4.69, 9.17) is 9.84 Å². The van der Waals surface area contributed by atoms with Gasteiger partial charge in [0.2, 0.25) is 0 Å². The van der Waals surface area contributed by atoms with Crippen LogP contribution in [0.4, 0.5) is 26.0 Å². The lowest BCUT2D eigenvalue weighted by molar-refractivity contribution is -0.0269. The van der Waals surface area contributed by atoms with E-state index in [1.54, 1.807) is 12.3 Å². The Balaban J connectivity index is 1.36. The first-order valence-corrected chi connectivity index (χ1v) is 12.9. The fourth-order valence-electron chi connectivity index (χ4n) is 4.71. The zero-order chi connectivity index (χ0) is 25.3. The van der Waals surface area contributed by atoms with E-state index in [0.29, 0.717) is 23.4 Å². The first-order valence-electron chi connectivity index (χ1n) is 12.1. The maximum atomic E-state index is 13.4. The van der Waals surface area contributed by atoms with Crippen LogP contribution in [-0.4, -0.2) is 73.3 Å². The van der Waals surface area contributed by atoms with Gasteiger partial charge in [0, 0.05) is 19.6 Å². The number of halogens is 2. The summed E-state index contributed by atoms with van der Waals surface area (Å²) in [4.78, 5) is 25.7. The molecule has 194 valence electrons. The van der Waals surface area contributed by atoms with Crippen LogP contribution in [0.5, 0.6) is 5.75 Å². The predicted molar refractivity (Wildman–Crippen MR) is 134 cm³/mol. The molecule has 2 saturated heterocycles. The summed E-state index contributed by atoms with van der Waals surface area (Å²) >= 11 is 1.32. The molecule has 1 saturated carbocycles. The minimum atomic E-state index is -2.77. The van der Waals surface area contributed by atoms with Crippen LogP contribution in [0.1, 0.15) is 36.2 Å². The van der Waals surface area contributed by atoms with Gasteiger partial charge in [-0.2, -0.15) is 0 Å². The minimum absolute atomic E-state index is 0.0219. The van der Waals surface area contributed by atoms with Crippen LogP contribution >= 0.6 is 11.9 Å². The third kappa shape index (κ3) is 5.35. The van der Waals surface area contributed by atoms with Gasteiger partial charge in [0.1, 0.15) is 10.7 Å². The molecular formula is C24H30F2N6O3S. The molecule has 3 aliphatic rings. The largest absolute Gasteiger partial charge is 0.493 e. The first kappa shape index (κ1) is 25.0. The van der Waals surface area contributed by atoms with Crippen molar-refractivity contribution < 1.29 is 23.4 Å². The zero-order valence-electron chi connectivity index (χ0n) is 20.1. The molecule has 2 aromatic heterocycles. The Morgan fingerprint density at radius 2 is 1.94 bits per heavy atom. The predicted octanol–water partition coefficient (Wildman–Crippen LogP) is 3.16. The standard InChI is InChI=1S/C24H30F2N6O3S/c1-35-19-3-2-16(29-21(19)32-14-24(25,26)15-32)22(34)30-17-13-27-20(36-28-8-11-33)12-18(17)31-9-6-23(4-5-23)7-10-31/h2-3,12-13,28,33H,4-11,14-15H2,1H3,(H,30,34). The summed E-state index contributed by atoms with van der Waals surface area (Å²) in [6, 6.07) is 5.02. The Morgan fingerprint density at radius 1 is 1.19 bits per heavy atom. The van der Waals surface area contributed by atoms with Crippen LogP contribution in [-0.2, 0) is 0 Å². The molecule has 1 aliphatic carbocycles. The Kier molecular flexibility index (Phi) is 6.92. The van der Waals surface area contributed by atoms with Crippen molar-refractivity contribution in [3.63, 3.8) is 0 Å². The highest BCUT2D eigenvalue weighted by Gasteiger charge is 2.46. The van der Waals surface area contributed by atoms with E-state index in [0.717, 1.165) is 36.6 Å². The van der Waals surface area contributed by atoms with Crippen molar-refractivity contribution in [2.75, 3.05) is 61.6 Å². The van der Waals surface area contributed by atoms with Gasteiger partial charge in [-0.15, -0.1) is 0 Å². The van der Waals surface area contributed by atoms with Crippen LogP contribution in [0, 0.1) is 5.41 Å². The monoisotopic (exact) mass is 520 g/mol. The number of hydrogen-bond donors (Lipinski definition) is 3. The highest BCUT2D eigenvalue weighted by molar-refractivity contribution is 7.97. The smallest absolute Gasteiger partial charge is 0.282 e. The van der Waals surface area contributed by atoms with Gasteiger partial charge in [0.15, 0.2) is 11.6 Å². The topological polar surface area (TPSA) is 103 Å². The van der Waals surface area contributed by atoms with Gasteiger partial charge in [0.05, 0.1) is 44.4 Å². The number of ether oxygens (including phenoxy) is 1. The van der Waals surface area contributed by atoms with Crippen molar-refractivity contribution in [2.45, 2.75) is 36.6 Å². The molecule has 3 N–H and O–H groups in total. The lowest BCUT2D eigenvalue weighted by Gasteiger charge is -2.40. The van der Waals surface area contributed by atoms with Crippen molar-refractivity contribution in [1.82, 2.24) is 14.7 Å². The molecule has 2 aliphatic heterocycles. The molecule has 36 heavy (non-hydrogen) atoms. The lowest BCUT2D eigenvalue weighted by atomic mass is 9.93. The Labute approximate surface area is 212 Å². The zero-order valence-corrected chi connectivity index (χ0v) is 20.9. The average Bonchev–Trinajstić information content (AvgIpc) is 3.62. The maximum absolute atomic E-state index is 13.4. The fraction of sp³-hybridized carbons (Fsp3) is 0.542. The molecule has 0 unspecified atom stereocenters. The summed E-state index contributed by atoms with van der Waals surface area (Å²) in [6.45, 7) is 1.32. The van der Waals surface area contributed by atoms with Crippen LogP contribution in [0.15, 0.2) is 29.4 Å². The van der Waals surface area contributed by atoms with E-state index in [2.05, 4.69) is 24.9 Å². The normalized spacial score (nSPS) is 19.7. The van der Waals surface area contributed by atoms with Crippen molar-refractivity contribution in [3.05, 3.63) is 30.1 Å². The molecule has 2 aromatic rings. The molecule has 12 heteroatoms. The van der Waals surface area contributed by atoms with Crippen LogP contribution in [0.2, 0.25) is 0 Å². The van der Waals surface area contributed by atoms with E-state index in [-0.39, 0.29) is 18.1 Å². The quantitative estimate of drug-likeness (QED) is 0.340. The third-order valence-corrected chi connectivity index (χ3v) is 7.83. The lowest BCUT2D eigenvalue weighted by Crippen LogP contribution is -2.56. The SMILES string of the molecule is COc1ccc(C(=O)Nc2cnc(SNCCO)cc2N2CCC3(CC2)CC3)nc1N1CC(F)(F)C1. The van der Waals surface area contributed by atoms with Gasteiger partial charge < -0.3 is 25.0 Å². The van der Waals surface area contributed by atoms with E-state index < -0.39 is 24.9 Å². The minimum Gasteiger partial charge on any atom is -0.493 e. The average molecular weight is 521 g/mol. The Morgan fingerprint density at radius 3 is 2.58 bits per heavy atom. The number of carbonyl (C=O) groups is 1. The summed E-state index contributed by atoms with van der Waals surface area (Å²) in [5.41, 5.74) is 2.04. The van der Waals surface area contributed by atoms with Gasteiger partial charge in [-0.3, -0.25) is 9.52 Å². The third-order valence-electron chi connectivity index (χ3n) is 7.05. The molecule has 1 spiro atoms. The second-order valence-corrected chi connectivity index (χ2v) is 10.5. The van der Waals surface area contributed by atoms with Gasteiger partial charge in [0.25, 0.3) is 11.8 Å². The number of rotatable bonds is 9.